The number of carbonyl (C=O) groups is 1. The topological polar surface area (TPSA) is 91.9 Å². The molecule has 1 saturated heterocycles. The minimum absolute atomic E-state index is 0.0158. The Hall–Kier alpha value is -3.19. The number of aromatic nitrogens is 3. The van der Waals surface area contributed by atoms with Crippen molar-refractivity contribution in [2.75, 3.05) is 26.2 Å². The normalized spacial score (nSPS) is 17.3. The Morgan fingerprint density at radius 3 is 2.66 bits per heavy atom. The molecule has 2 aliphatic rings. The van der Waals surface area contributed by atoms with E-state index in [1.807, 2.05) is 36.4 Å². The Labute approximate surface area is 188 Å². The van der Waals surface area contributed by atoms with E-state index in [1.54, 1.807) is 6.20 Å². The van der Waals surface area contributed by atoms with Gasteiger partial charge >= 0.3 is 0 Å². The molecule has 1 fully saturated rings. The van der Waals surface area contributed by atoms with E-state index in [0.29, 0.717) is 24.9 Å². The van der Waals surface area contributed by atoms with Gasteiger partial charge in [0.25, 0.3) is 5.91 Å². The van der Waals surface area contributed by atoms with E-state index in [0.717, 1.165) is 59.9 Å². The van der Waals surface area contributed by atoms with Crippen molar-refractivity contribution >= 4 is 5.91 Å². The summed E-state index contributed by atoms with van der Waals surface area (Å²) in [5, 5.41) is 6.52. The number of hydrogen-bond donors (Lipinski definition) is 3. The van der Waals surface area contributed by atoms with Crippen LogP contribution in [-0.4, -0.2) is 47.1 Å². The molecule has 3 N–H and O–H groups in total. The van der Waals surface area contributed by atoms with Gasteiger partial charge in [0.15, 0.2) is 5.82 Å². The zero-order valence-corrected chi connectivity index (χ0v) is 18.6. The van der Waals surface area contributed by atoms with Crippen molar-refractivity contribution in [3.63, 3.8) is 0 Å². The van der Waals surface area contributed by atoms with Crippen molar-refractivity contribution in [1.82, 2.24) is 25.6 Å². The first-order valence-electron chi connectivity index (χ1n) is 11.3. The second-order valence-corrected chi connectivity index (χ2v) is 9.18. The minimum atomic E-state index is -0.0333. The van der Waals surface area contributed by atoms with Crippen LogP contribution in [0.1, 0.15) is 42.7 Å². The number of rotatable bonds is 5. The first-order valence-corrected chi connectivity index (χ1v) is 11.3. The average molecular weight is 432 g/mol. The standard InChI is InChI=1S/C25H29N5O2/c1-16(2)14-32-18-5-3-17(4-6-18)23-27-10-7-20(30-23)21-13-19-22(29-21)25(15-28-24(19)31)8-11-26-12-9-25/h3-7,10,13,16,26,29H,8-9,11-12,14-15H2,1-2H3,(H,28,31). The highest BCUT2D eigenvalue weighted by Gasteiger charge is 2.42. The molecule has 0 aliphatic carbocycles. The predicted molar refractivity (Wildman–Crippen MR) is 124 cm³/mol. The summed E-state index contributed by atoms with van der Waals surface area (Å²) < 4.78 is 5.77. The molecule has 7 nitrogen and oxygen atoms in total. The van der Waals surface area contributed by atoms with Gasteiger partial charge in [0, 0.05) is 29.4 Å². The number of hydrogen-bond acceptors (Lipinski definition) is 5. The maximum absolute atomic E-state index is 12.6. The van der Waals surface area contributed by atoms with Gasteiger partial charge in [-0.25, -0.2) is 9.97 Å². The molecule has 2 aromatic heterocycles. The summed E-state index contributed by atoms with van der Waals surface area (Å²) in [6.07, 6.45) is 3.77. The summed E-state index contributed by atoms with van der Waals surface area (Å²) in [7, 11) is 0. The van der Waals surface area contributed by atoms with Crippen molar-refractivity contribution in [2.24, 2.45) is 5.92 Å². The highest BCUT2D eigenvalue weighted by Crippen LogP contribution is 2.39. The number of ether oxygens (including phenoxy) is 1. The van der Waals surface area contributed by atoms with Gasteiger partial charge in [0.1, 0.15) is 5.75 Å². The van der Waals surface area contributed by atoms with Crippen LogP contribution in [0.3, 0.4) is 0 Å². The fraction of sp³-hybridized carbons (Fsp3) is 0.400. The van der Waals surface area contributed by atoms with E-state index in [-0.39, 0.29) is 11.3 Å². The summed E-state index contributed by atoms with van der Waals surface area (Å²) in [6.45, 7) is 7.54. The lowest BCUT2D eigenvalue weighted by Gasteiger charge is -2.40. The lowest BCUT2D eigenvalue weighted by molar-refractivity contribution is 0.0913. The number of aromatic amines is 1. The number of nitrogens with one attached hydrogen (secondary N) is 3. The first-order chi connectivity index (χ1) is 15.5. The molecule has 166 valence electrons. The third-order valence-electron chi connectivity index (χ3n) is 6.37. The van der Waals surface area contributed by atoms with Crippen LogP contribution in [0.2, 0.25) is 0 Å². The average Bonchev–Trinajstić information content (AvgIpc) is 3.29. The van der Waals surface area contributed by atoms with Gasteiger partial charge in [-0.15, -0.1) is 0 Å². The van der Waals surface area contributed by atoms with Gasteiger partial charge in [0.05, 0.1) is 23.6 Å². The number of carbonyl (C=O) groups excluding carboxylic acids is 1. The smallest absolute Gasteiger partial charge is 0.253 e. The molecule has 7 heteroatoms. The van der Waals surface area contributed by atoms with E-state index >= 15 is 0 Å². The molecule has 32 heavy (non-hydrogen) atoms. The number of amides is 1. The zero-order valence-electron chi connectivity index (χ0n) is 18.6. The van der Waals surface area contributed by atoms with E-state index in [1.165, 1.54) is 0 Å². The first kappa shape index (κ1) is 20.7. The number of benzene rings is 1. The Morgan fingerprint density at radius 1 is 1.12 bits per heavy atom. The molecule has 3 aromatic rings. The van der Waals surface area contributed by atoms with E-state index in [2.05, 4.69) is 34.4 Å². The summed E-state index contributed by atoms with van der Waals surface area (Å²) in [5.41, 5.74) is 4.30. The van der Waals surface area contributed by atoms with E-state index in [9.17, 15) is 4.79 Å². The third kappa shape index (κ3) is 3.88. The molecule has 1 amide bonds. The maximum Gasteiger partial charge on any atom is 0.253 e. The molecular weight excluding hydrogens is 402 g/mol. The van der Waals surface area contributed by atoms with Crippen molar-refractivity contribution in [1.29, 1.82) is 0 Å². The Balaban J connectivity index is 1.44. The molecular formula is C25H29N5O2. The molecule has 0 unspecified atom stereocenters. The second kappa shape index (κ2) is 8.39. The second-order valence-electron chi connectivity index (χ2n) is 9.18. The largest absolute Gasteiger partial charge is 0.493 e. The van der Waals surface area contributed by atoms with Crippen LogP contribution in [0.15, 0.2) is 42.6 Å². The van der Waals surface area contributed by atoms with Crippen molar-refractivity contribution in [2.45, 2.75) is 32.1 Å². The van der Waals surface area contributed by atoms with Gasteiger partial charge in [-0.2, -0.15) is 0 Å². The van der Waals surface area contributed by atoms with Crippen LogP contribution < -0.4 is 15.4 Å². The molecule has 0 radical (unpaired) electrons. The molecule has 5 rings (SSSR count). The molecule has 0 saturated carbocycles. The summed E-state index contributed by atoms with van der Waals surface area (Å²) in [4.78, 5) is 25.4. The maximum atomic E-state index is 12.6. The number of nitrogens with zero attached hydrogens (tertiary/aromatic N) is 2. The summed E-state index contributed by atoms with van der Waals surface area (Å²) in [5.74, 6) is 1.95. The lowest BCUT2D eigenvalue weighted by Crippen LogP contribution is -2.51. The predicted octanol–water partition coefficient (Wildman–Crippen LogP) is 3.54. The molecule has 0 atom stereocenters. The van der Waals surface area contributed by atoms with Gasteiger partial charge < -0.3 is 20.4 Å². The summed E-state index contributed by atoms with van der Waals surface area (Å²) in [6, 6.07) is 11.7. The fourth-order valence-electron chi connectivity index (χ4n) is 4.57. The number of piperidine rings is 1. The van der Waals surface area contributed by atoms with Crippen molar-refractivity contribution < 1.29 is 9.53 Å². The lowest BCUT2D eigenvalue weighted by atomic mass is 9.73. The van der Waals surface area contributed by atoms with Gasteiger partial charge in [-0.1, -0.05) is 13.8 Å². The van der Waals surface area contributed by atoms with Gasteiger partial charge in [-0.05, 0) is 68.2 Å². The van der Waals surface area contributed by atoms with Crippen LogP contribution in [0.25, 0.3) is 22.8 Å². The van der Waals surface area contributed by atoms with Gasteiger partial charge in [0.2, 0.25) is 0 Å². The highest BCUT2D eigenvalue weighted by molar-refractivity contribution is 5.98. The quantitative estimate of drug-likeness (QED) is 0.575. The molecule has 2 aliphatic heterocycles. The SMILES string of the molecule is CC(C)COc1ccc(-c2nccc(-c3cc4c([nH]3)C3(CCNCC3)CNC4=O)n2)cc1. The Morgan fingerprint density at radius 2 is 1.91 bits per heavy atom. The monoisotopic (exact) mass is 431 g/mol. The van der Waals surface area contributed by atoms with Crippen LogP contribution >= 0.6 is 0 Å². The van der Waals surface area contributed by atoms with Crippen LogP contribution in [-0.2, 0) is 5.41 Å². The van der Waals surface area contributed by atoms with Gasteiger partial charge in [-0.3, -0.25) is 4.79 Å². The fourth-order valence-corrected chi connectivity index (χ4v) is 4.57. The van der Waals surface area contributed by atoms with Crippen LogP contribution in [0.5, 0.6) is 5.75 Å². The highest BCUT2D eigenvalue weighted by atomic mass is 16.5. The molecule has 1 aromatic carbocycles. The number of fused-ring (bicyclic) bond motifs is 2. The Kier molecular flexibility index (Phi) is 5.43. The van der Waals surface area contributed by atoms with E-state index in [4.69, 9.17) is 9.72 Å². The van der Waals surface area contributed by atoms with Crippen molar-refractivity contribution in [3.8, 4) is 28.5 Å². The van der Waals surface area contributed by atoms with Crippen LogP contribution in [0, 0.1) is 5.92 Å². The van der Waals surface area contributed by atoms with Crippen LogP contribution in [0.4, 0.5) is 0 Å². The molecule has 0 bridgehead atoms. The number of H-pyrrole nitrogens is 1. The minimum Gasteiger partial charge on any atom is -0.493 e. The molecule has 4 heterocycles. The molecule has 1 spiro atoms. The third-order valence-corrected chi connectivity index (χ3v) is 6.37. The zero-order chi connectivity index (χ0) is 22.1. The van der Waals surface area contributed by atoms with Crippen molar-refractivity contribution in [3.05, 3.63) is 53.9 Å². The Bertz CT molecular complexity index is 1110. The van der Waals surface area contributed by atoms with E-state index < -0.39 is 0 Å². The summed E-state index contributed by atoms with van der Waals surface area (Å²) >= 11 is 0.